The second-order valence-corrected chi connectivity index (χ2v) is 5.93. The number of esters is 2. The fourth-order valence-corrected chi connectivity index (χ4v) is 3.37. The van der Waals surface area contributed by atoms with Crippen molar-refractivity contribution in [1.82, 2.24) is 4.90 Å². The molecule has 130 valence electrons. The minimum atomic E-state index is -1.51. The van der Waals surface area contributed by atoms with Gasteiger partial charge in [0.1, 0.15) is 11.5 Å². The predicted octanol–water partition coefficient (Wildman–Crippen LogP) is 3.02. The van der Waals surface area contributed by atoms with Gasteiger partial charge < -0.3 is 19.5 Å². The molecule has 0 aliphatic carbocycles. The molecule has 0 aromatic heterocycles. The van der Waals surface area contributed by atoms with Crippen molar-refractivity contribution in [3.8, 4) is 0 Å². The molecule has 2 aliphatic heterocycles. The number of allylic oxidation sites excluding steroid dienone is 2. The fraction of sp³-hybridized carbons (Fsp3) is 0.235. The van der Waals surface area contributed by atoms with Gasteiger partial charge in [0.25, 0.3) is 0 Å². The molecule has 1 aromatic carbocycles. The number of ether oxygens (including phenoxy) is 2. The summed E-state index contributed by atoms with van der Waals surface area (Å²) < 4.78 is 9.76. The molecular formula is C17H14ClNO6. The van der Waals surface area contributed by atoms with E-state index in [1.54, 1.807) is 38.1 Å². The lowest BCUT2D eigenvalue weighted by atomic mass is 9.85. The van der Waals surface area contributed by atoms with Crippen molar-refractivity contribution in [3.05, 3.63) is 57.6 Å². The molecule has 0 fully saturated rings. The number of carboxylic acid groups (broad SMARTS) is 1. The summed E-state index contributed by atoms with van der Waals surface area (Å²) in [6, 6.07) is 6.58. The molecule has 2 heterocycles. The zero-order valence-electron chi connectivity index (χ0n) is 13.4. The average Bonchev–Trinajstić information content (AvgIpc) is 2.82. The monoisotopic (exact) mass is 363 g/mol. The van der Waals surface area contributed by atoms with Crippen LogP contribution in [0.2, 0.25) is 5.02 Å². The second-order valence-electron chi connectivity index (χ2n) is 5.49. The summed E-state index contributed by atoms with van der Waals surface area (Å²) >= 11 is 6.04. The lowest BCUT2D eigenvalue weighted by Gasteiger charge is -2.33. The molecule has 1 atom stereocenters. The van der Waals surface area contributed by atoms with Crippen LogP contribution in [0.1, 0.15) is 25.3 Å². The number of nitrogens with zero attached hydrogens (tertiary/aromatic N) is 1. The number of hydrogen-bond donors (Lipinski definition) is 1. The van der Waals surface area contributed by atoms with Crippen LogP contribution in [-0.4, -0.2) is 34.6 Å². The first kappa shape index (κ1) is 17.0. The van der Waals surface area contributed by atoms with Gasteiger partial charge >= 0.3 is 18.1 Å². The summed E-state index contributed by atoms with van der Waals surface area (Å²) in [5, 5.41) is 9.53. The largest absolute Gasteiger partial charge is 0.511 e. The second kappa shape index (κ2) is 6.25. The SMILES string of the molecule is CCN1C(C)=C(OC(=O)O)C(c2cccc(Cl)c2)C2=C1C(=O)OC2=O. The summed E-state index contributed by atoms with van der Waals surface area (Å²) in [4.78, 5) is 37.2. The highest BCUT2D eigenvalue weighted by Gasteiger charge is 2.47. The molecule has 0 bridgehead atoms. The van der Waals surface area contributed by atoms with E-state index in [1.165, 1.54) is 4.90 Å². The Morgan fingerprint density at radius 2 is 2.08 bits per heavy atom. The number of rotatable bonds is 3. The van der Waals surface area contributed by atoms with Crippen molar-refractivity contribution in [2.24, 2.45) is 0 Å². The third kappa shape index (κ3) is 2.76. The van der Waals surface area contributed by atoms with Crippen LogP contribution in [0.15, 0.2) is 47.0 Å². The number of cyclic esters (lactones) is 2. The van der Waals surface area contributed by atoms with Gasteiger partial charge in [0.2, 0.25) is 0 Å². The van der Waals surface area contributed by atoms with E-state index in [0.29, 0.717) is 22.8 Å². The number of benzene rings is 1. The first-order chi connectivity index (χ1) is 11.8. The molecule has 2 aliphatic rings. The molecule has 0 saturated heterocycles. The Labute approximate surface area is 148 Å². The molecule has 1 unspecified atom stereocenters. The minimum absolute atomic E-state index is 0.0435. The zero-order valence-corrected chi connectivity index (χ0v) is 14.2. The van der Waals surface area contributed by atoms with Crippen molar-refractivity contribution >= 4 is 29.7 Å². The predicted molar refractivity (Wildman–Crippen MR) is 86.5 cm³/mol. The zero-order chi connectivity index (χ0) is 18.3. The lowest BCUT2D eigenvalue weighted by Crippen LogP contribution is -2.33. The molecule has 0 radical (unpaired) electrons. The fourth-order valence-electron chi connectivity index (χ4n) is 3.17. The van der Waals surface area contributed by atoms with Gasteiger partial charge in [-0.3, -0.25) is 0 Å². The maximum atomic E-state index is 12.3. The molecule has 0 saturated carbocycles. The lowest BCUT2D eigenvalue weighted by molar-refractivity contribution is -0.151. The molecule has 1 N–H and O–H groups in total. The third-order valence-electron chi connectivity index (χ3n) is 4.13. The van der Waals surface area contributed by atoms with Gasteiger partial charge in [0.05, 0.1) is 17.2 Å². The van der Waals surface area contributed by atoms with Crippen LogP contribution in [0, 0.1) is 0 Å². The van der Waals surface area contributed by atoms with Crippen LogP contribution < -0.4 is 0 Å². The van der Waals surface area contributed by atoms with E-state index >= 15 is 0 Å². The van der Waals surface area contributed by atoms with E-state index in [4.69, 9.17) is 26.2 Å². The quantitative estimate of drug-likeness (QED) is 0.651. The summed E-state index contributed by atoms with van der Waals surface area (Å²) in [7, 11) is 0. The number of hydrogen-bond acceptors (Lipinski definition) is 6. The Kier molecular flexibility index (Phi) is 4.26. The molecule has 25 heavy (non-hydrogen) atoms. The van der Waals surface area contributed by atoms with Gasteiger partial charge in [-0.05, 0) is 31.5 Å². The average molecular weight is 364 g/mol. The smallest absolute Gasteiger partial charge is 0.449 e. The van der Waals surface area contributed by atoms with Crippen molar-refractivity contribution in [2.75, 3.05) is 6.54 Å². The van der Waals surface area contributed by atoms with Gasteiger partial charge in [-0.2, -0.15) is 0 Å². The van der Waals surface area contributed by atoms with E-state index in [9.17, 15) is 14.4 Å². The van der Waals surface area contributed by atoms with Gasteiger partial charge in [-0.15, -0.1) is 0 Å². The maximum absolute atomic E-state index is 12.3. The van der Waals surface area contributed by atoms with Crippen LogP contribution in [-0.2, 0) is 19.1 Å². The highest BCUT2D eigenvalue weighted by molar-refractivity contribution is 6.30. The summed E-state index contributed by atoms with van der Waals surface area (Å²) in [5.41, 5.74) is 1.10. The normalized spacial score (nSPS) is 20.0. The number of carbonyl (C=O) groups is 3. The molecule has 3 rings (SSSR count). The van der Waals surface area contributed by atoms with E-state index in [-0.39, 0.29) is 17.0 Å². The van der Waals surface area contributed by atoms with Crippen LogP contribution in [0.3, 0.4) is 0 Å². The van der Waals surface area contributed by atoms with Gasteiger partial charge in [0.15, 0.2) is 0 Å². The highest BCUT2D eigenvalue weighted by Crippen LogP contribution is 2.45. The standard InChI is InChI=1S/C17H14ClNO6/c1-3-19-8(2)14(24-17(22)23)11(9-5-4-6-10(18)7-9)12-13(19)16(21)25-15(12)20/h4-7,11H,3H2,1-2H3,(H,22,23). The van der Waals surface area contributed by atoms with Crippen LogP contribution in [0.4, 0.5) is 4.79 Å². The van der Waals surface area contributed by atoms with Gasteiger partial charge in [-0.25, -0.2) is 14.4 Å². The molecule has 0 spiro atoms. The summed E-state index contributed by atoms with van der Waals surface area (Å²) in [5.74, 6) is -2.43. The van der Waals surface area contributed by atoms with Crippen molar-refractivity contribution in [2.45, 2.75) is 19.8 Å². The Morgan fingerprint density at radius 3 is 2.68 bits per heavy atom. The highest BCUT2D eigenvalue weighted by atomic mass is 35.5. The van der Waals surface area contributed by atoms with Crippen molar-refractivity contribution in [3.63, 3.8) is 0 Å². The first-order valence-corrected chi connectivity index (χ1v) is 7.88. The van der Waals surface area contributed by atoms with E-state index in [2.05, 4.69) is 0 Å². The number of halogens is 1. The topological polar surface area (TPSA) is 93.1 Å². The van der Waals surface area contributed by atoms with Crippen molar-refractivity contribution < 1.29 is 29.0 Å². The van der Waals surface area contributed by atoms with E-state index in [1.807, 2.05) is 0 Å². The molecular weight excluding hydrogens is 350 g/mol. The van der Waals surface area contributed by atoms with Gasteiger partial charge in [0, 0.05) is 11.6 Å². The van der Waals surface area contributed by atoms with Crippen LogP contribution in [0.25, 0.3) is 0 Å². The molecule has 1 aromatic rings. The van der Waals surface area contributed by atoms with Crippen LogP contribution >= 0.6 is 11.6 Å². The van der Waals surface area contributed by atoms with Gasteiger partial charge in [-0.1, -0.05) is 23.7 Å². The maximum Gasteiger partial charge on any atom is 0.511 e. The van der Waals surface area contributed by atoms with Crippen molar-refractivity contribution in [1.29, 1.82) is 0 Å². The Bertz CT molecular complexity index is 856. The van der Waals surface area contributed by atoms with E-state index in [0.717, 1.165) is 0 Å². The molecule has 0 amide bonds. The Morgan fingerprint density at radius 1 is 1.36 bits per heavy atom. The van der Waals surface area contributed by atoms with Crippen LogP contribution in [0.5, 0.6) is 0 Å². The molecule has 7 nitrogen and oxygen atoms in total. The summed E-state index contributed by atoms with van der Waals surface area (Å²) in [6.45, 7) is 3.73. The minimum Gasteiger partial charge on any atom is -0.449 e. The first-order valence-electron chi connectivity index (χ1n) is 7.50. The third-order valence-corrected chi connectivity index (χ3v) is 4.37. The number of likely N-dealkylation sites (N-methyl/N-ethyl adjacent to an activating group) is 1. The Hall–Kier alpha value is -2.80. The number of carbonyl (C=O) groups excluding carboxylic acids is 2. The Balaban J connectivity index is 2.27. The molecule has 8 heteroatoms. The van der Waals surface area contributed by atoms with E-state index < -0.39 is 24.0 Å². The summed E-state index contributed by atoms with van der Waals surface area (Å²) in [6.07, 6.45) is -1.51.